The van der Waals surface area contributed by atoms with Crippen LogP contribution in [0.15, 0.2) is 0 Å². The number of aliphatic carboxylic acids is 3. The minimum Gasteiger partial charge on any atom is -0.481 e. The van der Waals surface area contributed by atoms with Crippen LogP contribution in [0, 0.1) is 0 Å². The van der Waals surface area contributed by atoms with Gasteiger partial charge < -0.3 is 36.6 Å². The first-order chi connectivity index (χ1) is 14.0. The Morgan fingerprint density at radius 2 is 1.57 bits per heavy atom. The van der Waals surface area contributed by atoms with Crippen LogP contribution < -0.4 is 16.4 Å². The van der Waals surface area contributed by atoms with Gasteiger partial charge in [-0.05, 0) is 25.7 Å². The Labute approximate surface area is 171 Å². The van der Waals surface area contributed by atoms with Crippen molar-refractivity contribution in [1.29, 1.82) is 0 Å². The van der Waals surface area contributed by atoms with Crippen molar-refractivity contribution >= 4 is 35.6 Å². The summed E-state index contributed by atoms with van der Waals surface area (Å²) in [6, 6.07) is -3.50. The summed E-state index contributed by atoms with van der Waals surface area (Å²) in [6.07, 6.45) is -0.463. The second kappa shape index (κ2) is 11.7. The number of nitrogens with zero attached hydrogens (tertiary/aromatic N) is 1. The normalized spacial score (nSPS) is 17.6. The molecular weight excluding hydrogens is 404 g/mol. The van der Waals surface area contributed by atoms with Crippen LogP contribution in [0.4, 0.5) is 0 Å². The zero-order chi connectivity index (χ0) is 22.8. The van der Waals surface area contributed by atoms with Crippen molar-refractivity contribution in [3.05, 3.63) is 0 Å². The monoisotopic (exact) mass is 430 g/mol. The van der Waals surface area contributed by atoms with E-state index in [4.69, 9.17) is 21.1 Å². The number of carbonyl (C=O) groups is 6. The molecule has 3 amide bonds. The molecule has 1 fully saturated rings. The number of nitrogens with two attached hydrogens (primary N) is 1. The first kappa shape index (κ1) is 24.8. The summed E-state index contributed by atoms with van der Waals surface area (Å²) in [5.74, 6) is -5.80. The zero-order valence-corrected chi connectivity index (χ0v) is 16.2. The van der Waals surface area contributed by atoms with E-state index < -0.39 is 66.7 Å². The van der Waals surface area contributed by atoms with Gasteiger partial charge in [0.1, 0.15) is 12.1 Å². The number of hydrogen-bond donors (Lipinski definition) is 6. The lowest BCUT2D eigenvalue weighted by molar-refractivity contribution is -0.148. The van der Waals surface area contributed by atoms with Gasteiger partial charge in [-0.3, -0.25) is 24.0 Å². The van der Waals surface area contributed by atoms with Crippen LogP contribution in [0.25, 0.3) is 0 Å². The summed E-state index contributed by atoms with van der Waals surface area (Å²) in [4.78, 5) is 70.4. The van der Waals surface area contributed by atoms with Crippen molar-refractivity contribution in [2.45, 2.75) is 56.7 Å². The summed E-state index contributed by atoms with van der Waals surface area (Å²) in [7, 11) is 0. The number of rotatable bonds is 12. The first-order valence-electron chi connectivity index (χ1n) is 9.32. The quantitative estimate of drug-likeness (QED) is 0.195. The molecule has 1 aliphatic heterocycles. The van der Waals surface area contributed by atoms with Crippen LogP contribution in [0.1, 0.15) is 38.5 Å². The summed E-state index contributed by atoms with van der Waals surface area (Å²) in [5, 5.41) is 31.1. The third-order valence-corrected chi connectivity index (χ3v) is 4.56. The number of amides is 3. The molecule has 0 aliphatic carbocycles. The zero-order valence-electron chi connectivity index (χ0n) is 16.2. The van der Waals surface area contributed by atoms with Gasteiger partial charge in [0.05, 0.1) is 12.6 Å². The van der Waals surface area contributed by atoms with Gasteiger partial charge in [0, 0.05) is 19.4 Å². The van der Waals surface area contributed by atoms with Crippen molar-refractivity contribution in [2.24, 2.45) is 5.73 Å². The molecule has 3 atom stereocenters. The molecule has 1 heterocycles. The van der Waals surface area contributed by atoms with Crippen molar-refractivity contribution in [3.8, 4) is 0 Å². The van der Waals surface area contributed by atoms with Crippen molar-refractivity contribution in [1.82, 2.24) is 15.5 Å². The van der Waals surface area contributed by atoms with Gasteiger partial charge in [-0.15, -0.1) is 0 Å². The standard InChI is InChI=1S/C17H26N4O9/c18-9(3-5-13(23)24)15(27)20-10(4-6-14(25)26)16(28)19-8-12(22)21-7-1-2-11(21)17(29)30/h9-11H,1-8,18H2,(H,19,28)(H,20,27)(H,23,24)(H,25,26)(H,29,30). The average Bonchev–Trinajstić information content (AvgIpc) is 3.16. The van der Waals surface area contributed by atoms with E-state index in [-0.39, 0.29) is 25.8 Å². The predicted octanol–water partition coefficient (Wildman–Crippen LogP) is -2.28. The number of carboxylic acids is 3. The van der Waals surface area contributed by atoms with Crippen LogP contribution in [0.3, 0.4) is 0 Å². The van der Waals surface area contributed by atoms with Crippen LogP contribution in [0.5, 0.6) is 0 Å². The van der Waals surface area contributed by atoms with E-state index in [2.05, 4.69) is 10.6 Å². The Bertz CT molecular complexity index is 697. The van der Waals surface area contributed by atoms with Crippen molar-refractivity contribution in [3.63, 3.8) is 0 Å². The highest BCUT2D eigenvalue weighted by Crippen LogP contribution is 2.17. The molecule has 3 unspecified atom stereocenters. The number of hydrogen-bond acceptors (Lipinski definition) is 7. The fourth-order valence-electron chi connectivity index (χ4n) is 2.93. The Kier molecular flexibility index (Phi) is 9.68. The van der Waals surface area contributed by atoms with Crippen LogP contribution in [-0.2, 0) is 28.8 Å². The molecule has 7 N–H and O–H groups in total. The number of carbonyl (C=O) groups excluding carboxylic acids is 3. The molecule has 13 nitrogen and oxygen atoms in total. The largest absolute Gasteiger partial charge is 0.481 e. The van der Waals surface area contributed by atoms with Crippen LogP contribution in [-0.4, -0.2) is 87.1 Å². The highest BCUT2D eigenvalue weighted by Gasteiger charge is 2.34. The lowest BCUT2D eigenvalue weighted by atomic mass is 10.1. The number of likely N-dealkylation sites (tertiary alicyclic amines) is 1. The van der Waals surface area contributed by atoms with E-state index in [9.17, 15) is 28.8 Å². The average molecular weight is 430 g/mol. The summed E-state index contributed by atoms with van der Waals surface area (Å²) >= 11 is 0. The van der Waals surface area contributed by atoms with E-state index in [0.717, 1.165) is 4.90 Å². The van der Waals surface area contributed by atoms with Crippen molar-refractivity contribution in [2.75, 3.05) is 13.1 Å². The van der Waals surface area contributed by atoms with E-state index >= 15 is 0 Å². The van der Waals surface area contributed by atoms with Gasteiger partial charge in [-0.1, -0.05) is 0 Å². The van der Waals surface area contributed by atoms with E-state index in [1.54, 1.807) is 0 Å². The lowest BCUT2D eigenvalue weighted by Crippen LogP contribution is -2.53. The molecule has 0 radical (unpaired) electrons. The Balaban J connectivity index is 2.67. The summed E-state index contributed by atoms with van der Waals surface area (Å²) in [5.41, 5.74) is 5.58. The van der Waals surface area contributed by atoms with Crippen LogP contribution in [0.2, 0.25) is 0 Å². The molecular formula is C17H26N4O9. The van der Waals surface area contributed by atoms with Crippen LogP contribution >= 0.6 is 0 Å². The third kappa shape index (κ3) is 8.03. The molecule has 1 aliphatic rings. The fourth-order valence-corrected chi connectivity index (χ4v) is 2.93. The minimum atomic E-state index is -1.31. The molecule has 1 saturated heterocycles. The predicted molar refractivity (Wildman–Crippen MR) is 99.0 cm³/mol. The maximum absolute atomic E-state index is 12.4. The Morgan fingerprint density at radius 1 is 0.967 bits per heavy atom. The second-order valence-corrected chi connectivity index (χ2v) is 6.83. The fraction of sp³-hybridized carbons (Fsp3) is 0.647. The molecule has 1 rings (SSSR count). The van der Waals surface area contributed by atoms with E-state index in [0.29, 0.717) is 12.8 Å². The molecule has 0 aromatic heterocycles. The molecule has 30 heavy (non-hydrogen) atoms. The smallest absolute Gasteiger partial charge is 0.326 e. The molecule has 0 saturated carbocycles. The van der Waals surface area contributed by atoms with Gasteiger partial charge in [0.25, 0.3) is 0 Å². The molecule has 0 aromatic carbocycles. The first-order valence-corrected chi connectivity index (χ1v) is 9.32. The maximum Gasteiger partial charge on any atom is 0.326 e. The Morgan fingerprint density at radius 3 is 2.13 bits per heavy atom. The Hall–Kier alpha value is -3.22. The maximum atomic E-state index is 12.4. The molecule has 168 valence electrons. The number of nitrogens with one attached hydrogen (secondary N) is 2. The highest BCUT2D eigenvalue weighted by atomic mass is 16.4. The van der Waals surface area contributed by atoms with E-state index in [1.807, 2.05) is 0 Å². The van der Waals surface area contributed by atoms with Gasteiger partial charge >= 0.3 is 17.9 Å². The van der Waals surface area contributed by atoms with Gasteiger partial charge in [0.2, 0.25) is 17.7 Å². The highest BCUT2D eigenvalue weighted by molar-refractivity contribution is 5.93. The minimum absolute atomic E-state index is 0.182. The molecule has 0 bridgehead atoms. The third-order valence-electron chi connectivity index (χ3n) is 4.56. The number of carboxylic acid groups (broad SMARTS) is 3. The topological polar surface area (TPSA) is 216 Å². The molecule has 13 heteroatoms. The van der Waals surface area contributed by atoms with Crippen molar-refractivity contribution < 1.29 is 44.1 Å². The molecule has 0 aromatic rings. The van der Waals surface area contributed by atoms with E-state index in [1.165, 1.54) is 0 Å². The van der Waals surface area contributed by atoms with Gasteiger partial charge in [0.15, 0.2) is 0 Å². The molecule has 0 spiro atoms. The summed E-state index contributed by atoms with van der Waals surface area (Å²) in [6.45, 7) is -0.281. The lowest BCUT2D eigenvalue weighted by Gasteiger charge is -2.23. The summed E-state index contributed by atoms with van der Waals surface area (Å²) < 4.78 is 0. The second-order valence-electron chi connectivity index (χ2n) is 6.83. The van der Waals surface area contributed by atoms with Gasteiger partial charge in [-0.2, -0.15) is 0 Å². The SMILES string of the molecule is NC(CCC(=O)O)C(=O)NC(CCC(=O)O)C(=O)NCC(=O)N1CCCC1C(=O)O. The van der Waals surface area contributed by atoms with Gasteiger partial charge in [-0.25, -0.2) is 4.79 Å².